The van der Waals surface area contributed by atoms with Crippen LogP contribution in [0, 0.1) is 0 Å². The molecule has 158 valence electrons. The standard InChI is InChI=1S/C30H28N2/c1-4-16-26(17-5-1)31-23-25-15-12-22-29(30(25)24-13-10-11-14-24)32(27-18-6-2-7-19-27)28-20-8-3-9-21-28/h1-9,12,15-23,31H,10-11,13-14H2. The van der Waals surface area contributed by atoms with Crippen molar-refractivity contribution in [2.75, 3.05) is 10.2 Å². The van der Waals surface area contributed by atoms with Gasteiger partial charge in [-0.15, -0.1) is 0 Å². The maximum Gasteiger partial charge on any atom is 0.0540 e. The summed E-state index contributed by atoms with van der Waals surface area (Å²) in [5.74, 6) is 0. The molecule has 0 saturated heterocycles. The van der Waals surface area contributed by atoms with Gasteiger partial charge in [0, 0.05) is 28.5 Å². The van der Waals surface area contributed by atoms with Gasteiger partial charge in [0.25, 0.3) is 0 Å². The van der Waals surface area contributed by atoms with Crippen molar-refractivity contribution in [3.05, 3.63) is 120 Å². The van der Waals surface area contributed by atoms with Crippen LogP contribution in [0.25, 0.3) is 11.8 Å². The van der Waals surface area contributed by atoms with E-state index >= 15 is 0 Å². The third kappa shape index (κ3) is 4.31. The third-order valence-electron chi connectivity index (χ3n) is 6.07. The fourth-order valence-corrected chi connectivity index (χ4v) is 4.58. The van der Waals surface area contributed by atoms with Crippen LogP contribution in [0.4, 0.5) is 22.7 Å². The average molecular weight is 417 g/mol. The summed E-state index contributed by atoms with van der Waals surface area (Å²) in [6.45, 7) is 0. The quantitative estimate of drug-likeness (QED) is 0.388. The van der Waals surface area contributed by atoms with Crippen LogP contribution in [-0.4, -0.2) is 0 Å². The van der Waals surface area contributed by atoms with Crippen LogP contribution >= 0.6 is 0 Å². The second-order valence-electron chi connectivity index (χ2n) is 8.21. The highest BCUT2D eigenvalue weighted by Crippen LogP contribution is 2.33. The largest absolute Gasteiger partial charge is 0.361 e. The maximum absolute atomic E-state index is 3.51. The number of nitrogens with one attached hydrogen (secondary N) is 1. The highest BCUT2D eigenvalue weighted by molar-refractivity contribution is 5.78. The zero-order valence-electron chi connectivity index (χ0n) is 18.2. The molecule has 0 bridgehead atoms. The summed E-state index contributed by atoms with van der Waals surface area (Å²) >= 11 is 0. The van der Waals surface area contributed by atoms with E-state index in [1.165, 1.54) is 53.2 Å². The van der Waals surface area contributed by atoms with E-state index in [1.807, 2.05) is 6.07 Å². The van der Waals surface area contributed by atoms with Gasteiger partial charge >= 0.3 is 0 Å². The Hall–Kier alpha value is -3.78. The van der Waals surface area contributed by atoms with Crippen LogP contribution in [-0.2, 0) is 0 Å². The number of benzene rings is 4. The van der Waals surface area contributed by atoms with Crippen molar-refractivity contribution in [3.8, 4) is 0 Å². The predicted octanol–water partition coefficient (Wildman–Crippen LogP) is 6.73. The first-order chi connectivity index (χ1) is 15.9. The molecule has 4 aromatic rings. The number of rotatable bonds is 5. The third-order valence-corrected chi connectivity index (χ3v) is 6.07. The number of anilines is 4. The van der Waals surface area contributed by atoms with E-state index in [0.29, 0.717) is 0 Å². The van der Waals surface area contributed by atoms with E-state index in [9.17, 15) is 0 Å². The highest BCUT2D eigenvalue weighted by Gasteiger charge is 2.17. The normalized spacial score (nSPS) is 13.9. The summed E-state index contributed by atoms with van der Waals surface area (Å²) in [5.41, 5.74) is 6.24. The van der Waals surface area contributed by atoms with Gasteiger partial charge in [-0.25, -0.2) is 0 Å². The fourth-order valence-electron chi connectivity index (χ4n) is 4.58. The summed E-state index contributed by atoms with van der Waals surface area (Å²) in [5, 5.41) is 6.11. The molecule has 1 N–H and O–H groups in total. The van der Waals surface area contributed by atoms with E-state index in [-0.39, 0.29) is 0 Å². The van der Waals surface area contributed by atoms with Crippen molar-refractivity contribution in [2.24, 2.45) is 0 Å². The number of nitrogens with zero attached hydrogens (tertiary/aromatic N) is 1. The first-order valence-corrected chi connectivity index (χ1v) is 11.4. The van der Waals surface area contributed by atoms with Gasteiger partial charge < -0.3 is 10.2 Å². The van der Waals surface area contributed by atoms with E-state index in [1.54, 1.807) is 5.57 Å². The van der Waals surface area contributed by atoms with Crippen molar-refractivity contribution in [2.45, 2.75) is 25.7 Å². The Morgan fingerprint density at radius 2 is 1.16 bits per heavy atom. The first-order valence-electron chi connectivity index (χ1n) is 11.4. The van der Waals surface area contributed by atoms with E-state index in [2.05, 4.69) is 120 Å². The van der Waals surface area contributed by atoms with Gasteiger partial charge in [-0.2, -0.15) is 0 Å². The monoisotopic (exact) mass is 416 g/mol. The van der Waals surface area contributed by atoms with Crippen LogP contribution in [0.2, 0.25) is 0 Å². The molecule has 2 heteroatoms. The van der Waals surface area contributed by atoms with Crippen LogP contribution < -0.4 is 20.7 Å². The number of hydrogen-bond acceptors (Lipinski definition) is 2. The highest BCUT2D eigenvalue weighted by atomic mass is 15.1. The molecule has 1 aliphatic carbocycles. The van der Waals surface area contributed by atoms with E-state index in [0.717, 1.165) is 5.69 Å². The molecule has 0 amide bonds. The minimum Gasteiger partial charge on any atom is -0.361 e. The van der Waals surface area contributed by atoms with Crippen molar-refractivity contribution in [1.29, 1.82) is 0 Å². The lowest BCUT2D eigenvalue weighted by molar-refractivity contribution is 0.886. The van der Waals surface area contributed by atoms with Crippen molar-refractivity contribution in [1.82, 2.24) is 0 Å². The van der Waals surface area contributed by atoms with E-state index in [4.69, 9.17) is 0 Å². The molecule has 1 aliphatic rings. The van der Waals surface area contributed by atoms with E-state index < -0.39 is 0 Å². The number of para-hydroxylation sites is 3. The molecule has 0 aromatic heterocycles. The Morgan fingerprint density at radius 3 is 1.75 bits per heavy atom. The van der Waals surface area contributed by atoms with Crippen molar-refractivity contribution in [3.63, 3.8) is 0 Å². The van der Waals surface area contributed by atoms with Gasteiger partial charge in [0.1, 0.15) is 0 Å². The fraction of sp³-hybridized carbons (Fsp3) is 0.133. The second-order valence-corrected chi connectivity index (χ2v) is 8.21. The average Bonchev–Trinajstić information content (AvgIpc) is 3.40. The van der Waals surface area contributed by atoms with Gasteiger partial charge in [0.05, 0.1) is 5.69 Å². The lowest BCUT2D eigenvalue weighted by Crippen LogP contribution is -2.33. The van der Waals surface area contributed by atoms with Gasteiger partial charge in [0.15, 0.2) is 0 Å². The molecule has 5 rings (SSSR count). The molecule has 0 radical (unpaired) electrons. The minimum absolute atomic E-state index is 1.10. The predicted molar refractivity (Wildman–Crippen MR) is 137 cm³/mol. The zero-order valence-corrected chi connectivity index (χ0v) is 18.2. The molecule has 2 nitrogen and oxygen atoms in total. The Labute approximate surface area is 190 Å². The van der Waals surface area contributed by atoms with Crippen molar-refractivity contribution < 1.29 is 0 Å². The van der Waals surface area contributed by atoms with Crippen LogP contribution in [0.1, 0.15) is 25.7 Å². The summed E-state index contributed by atoms with van der Waals surface area (Å²) in [4.78, 5) is 2.39. The van der Waals surface area contributed by atoms with Gasteiger partial charge in [-0.1, -0.05) is 72.3 Å². The molecule has 0 atom stereocenters. The molecule has 4 aromatic carbocycles. The summed E-state index contributed by atoms with van der Waals surface area (Å²) < 4.78 is 0. The van der Waals surface area contributed by atoms with Gasteiger partial charge in [-0.05, 0) is 73.4 Å². The molecule has 1 saturated carbocycles. The molecule has 0 aliphatic heterocycles. The zero-order chi connectivity index (χ0) is 21.6. The van der Waals surface area contributed by atoms with Gasteiger partial charge in [0.2, 0.25) is 0 Å². The van der Waals surface area contributed by atoms with Gasteiger partial charge in [-0.3, -0.25) is 0 Å². The topological polar surface area (TPSA) is 15.3 Å². The van der Waals surface area contributed by atoms with Crippen molar-refractivity contribution >= 4 is 34.5 Å². The number of hydrogen-bond donors (Lipinski definition) is 1. The first kappa shape index (κ1) is 20.1. The molecular weight excluding hydrogens is 388 g/mol. The lowest BCUT2D eigenvalue weighted by Gasteiger charge is -2.26. The summed E-state index contributed by atoms with van der Waals surface area (Å²) in [6.07, 6.45) is 7.03. The SMILES string of the molecule is C(Nc1ccccc1)=c1cccc(N(c2ccccc2)c2ccccc2)c1=C1CCCC1. The molecular formula is C30H28N2. The van der Waals surface area contributed by atoms with Crippen LogP contribution in [0.3, 0.4) is 0 Å². The molecule has 32 heavy (non-hydrogen) atoms. The minimum atomic E-state index is 1.10. The Kier molecular flexibility index (Phi) is 6.02. The summed E-state index contributed by atoms with van der Waals surface area (Å²) in [7, 11) is 0. The molecule has 0 heterocycles. The Balaban J connectivity index is 1.73. The Bertz CT molecular complexity index is 1230. The van der Waals surface area contributed by atoms with Crippen LogP contribution in [0.5, 0.6) is 0 Å². The molecule has 0 unspecified atom stereocenters. The smallest absolute Gasteiger partial charge is 0.0540 e. The molecule has 1 fully saturated rings. The second kappa shape index (κ2) is 9.57. The van der Waals surface area contributed by atoms with Crippen LogP contribution in [0.15, 0.2) is 109 Å². The molecule has 0 spiro atoms. The summed E-state index contributed by atoms with van der Waals surface area (Å²) in [6, 6.07) is 38.4. The maximum atomic E-state index is 3.51. The lowest BCUT2D eigenvalue weighted by atomic mass is 10.0. The Morgan fingerprint density at radius 1 is 0.594 bits per heavy atom.